The summed E-state index contributed by atoms with van der Waals surface area (Å²) in [5.41, 5.74) is 1.11. The lowest BCUT2D eigenvalue weighted by atomic mass is 10.1. The number of hydrogen-bond acceptors (Lipinski definition) is 5. The Kier molecular flexibility index (Phi) is 10.5. The van der Waals surface area contributed by atoms with Crippen LogP contribution in [0, 0.1) is 5.92 Å². The minimum absolute atomic E-state index is 0.135. The van der Waals surface area contributed by atoms with Crippen molar-refractivity contribution >= 4 is 43.5 Å². The maximum absolute atomic E-state index is 13.7. The number of sulfonamides is 1. The minimum atomic E-state index is -3.83. The van der Waals surface area contributed by atoms with Crippen LogP contribution in [0.1, 0.15) is 26.3 Å². The van der Waals surface area contributed by atoms with Crippen LogP contribution < -0.4 is 14.4 Å². The van der Waals surface area contributed by atoms with E-state index in [4.69, 9.17) is 4.74 Å². The highest BCUT2D eigenvalue weighted by Crippen LogP contribution is 2.26. The third kappa shape index (κ3) is 9.11. The average molecular weight is 617 g/mol. The Morgan fingerprint density at radius 3 is 2.15 bits per heavy atom. The molecule has 8 nitrogen and oxygen atoms in total. The molecule has 0 aliphatic heterocycles. The van der Waals surface area contributed by atoms with E-state index in [-0.39, 0.29) is 18.4 Å². The van der Waals surface area contributed by atoms with Crippen LogP contribution in [0.5, 0.6) is 11.5 Å². The number of nitrogens with zero attached hydrogens (tertiary/aromatic N) is 2. The maximum Gasteiger partial charge on any atom is 0.244 e. The van der Waals surface area contributed by atoms with Gasteiger partial charge in [0.25, 0.3) is 0 Å². The molecular weight excluding hydrogens is 582 g/mol. The largest absolute Gasteiger partial charge is 0.457 e. The summed E-state index contributed by atoms with van der Waals surface area (Å²) in [7, 11) is -3.83. The van der Waals surface area contributed by atoms with Crippen LogP contribution in [-0.2, 0) is 26.2 Å². The van der Waals surface area contributed by atoms with Gasteiger partial charge in [-0.15, -0.1) is 0 Å². The predicted molar refractivity (Wildman–Crippen MR) is 157 cm³/mol. The SMILES string of the molecule is CC(C)CNC(=O)[C@H](C)N(Cc1cccc(Br)c1)C(=O)CN(c1ccc(Oc2ccccc2)cc1)S(C)(=O)=O. The molecule has 0 unspecified atom stereocenters. The van der Waals surface area contributed by atoms with E-state index >= 15 is 0 Å². The standard InChI is InChI=1S/C29H34BrN3O5S/c1-21(2)18-31-29(35)22(3)32(19-23-9-8-10-24(30)17-23)28(34)20-33(39(4,36)37)25-13-15-27(16-14-25)38-26-11-6-5-7-12-26/h5-17,21-22H,18-20H2,1-4H3,(H,31,35)/t22-/m0/s1. The number of para-hydroxylation sites is 1. The number of benzene rings is 3. The fraction of sp³-hybridized carbons (Fsp3) is 0.310. The highest BCUT2D eigenvalue weighted by molar-refractivity contribution is 9.10. The van der Waals surface area contributed by atoms with Crippen molar-refractivity contribution in [1.29, 1.82) is 0 Å². The number of ether oxygens (including phenoxy) is 1. The molecule has 3 rings (SSSR count). The summed E-state index contributed by atoms with van der Waals surface area (Å²) in [6.45, 7) is 5.75. The molecule has 0 saturated heterocycles. The van der Waals surface area contributed by atoms with Crippen molar-refractivity contribution in [2.75, 3.05) is 23.7 Å². The summed E-state index contributed by atoms with van der Waals surface area (Å²) in [5.74, 6) is 0.604. The van der Waals surface area contributed by atoms with Crippen LogP contribution in [-0.4, -0.2) is 50.5 Å². The molecule has 3 aromatic rings. The van der Waals surface area contributed by atoms with Gasteiger partial charge in [-0.3, -0.25) is 13.9 Å². The van der Waals surface area contributed by atoms with Crippen LogP contribution in [0.25, 0.3) is 0 Å². The summed E-state index contributed by atoms with van der Waals surface area (Å²) in [4.78, 5) is 28.0. The van der Waals surface area contributed by atoms with E-state index < -0.39 is 28.5 Å². The van der Waals surface area contributed by atoms with Crippen molar-refractivity contribution in [3.8, 4) is 11.5 Å². The van der Waals surface area contributed by atoms with Gasteiger partial charge in [-0.2, -0.15) is 0 Å². The second-order valence-corrected chi connectivity index (χ2v) is 12.5. The Hall–Kier alpha value is -3.37. The maximum atomic E-state index is 13.7. The summed E-state index contributed by atoms with van der Waals surface area (Å²) in [5, 5.41) is 2.87. The topological polar surface area (TPSA) is 96.0 Å². The molecule has 0 spiro atoms. The number of rotatable bonds is 12. The minimum Gasteiger partial charge on any atom is -0.457 e. The van der Waals surface area contributed by atoms with E-state index in [0.29, 0.717) is 23.7 Å². The third-order valence-electron chi connectivity index (χ3n) is 5.88. The fourth-order valence-electron chi connectivity index (χ4n) is 3.79. The van der Waals surface area contributed by atoms with Crippen LogP contribution >= 0.6 is 15.9 Å². The van der Waals surface area contributed by atoms with E-state index in [1.54, 1.807) is 31.2 Å². The number of amides is 2. The lowest BCUT2D eigenvalue weighted by Gasteiger charge is -2.31. The van der Waals surface area contributed by atoms with E-state index in [1.807, 2.05) is 68.4 Å². The quantitative estimate of drug-likeness (QED) is 0.302. The van der Waals surface area contributed by atoms with Gasteiger partial charge in [0.2, 0.25) is 21.8 Å². The Labute approximate surface area is 239 Å². The van der Waals surface area contributed by atoms with Gasteiger partial charge in [-0.1, -0.05) is 60.1 Å². The lowest BCUT2D eigenvalue weighted by Crippen LogP contribution is -2.51. The normalized spacial score (nSPS) is 12.1. The molecule has 0 bridgehead atoms. The summed E-state index contributed by atoms with van der Waals surface area (Å²) in [6.07, 6.45) is 1.05. The highest BCUT2D eigenvalue weighted by atomic mass is 79.9. The van der Waals surface area contributed by atoms with Crippen molar-refractivity contribution in [2.45, 2.75) is 33.4 Å². The molecule has 0 heterocycles. The number of carbonyl (C=O) groups excluding carboxylic acids is 2. The van der Waals surface area contributed by atoms with Gasteiger partial charge in [-0.25, -0.2) is 8.42 Å². The predicted octanol–water partition coefficient (Wildman–Crippen LogP) is 5.20. The monoisotopic (exact) mass is 615 g/mol. The zero-order valence-electron chi connectivity index (χ0n) is 22.5. The van der Waals surface area contributed by atoms with Gasteiger partial charge in [-0.05, 0) is 66.9 Å². The van der Waals surface area contributed by atoms with Crippen LogP contribution in [0.2, 0.25) is 0 Å². The molecule has 208 valence electrons. The van der Waals surface area contributed by atoms with Gasteiger partial charge in [0.05, 0.1) is 11.9 Å². The first-order valence-electron chi connectivity index (χ1n) is 12.6. The Morgan fingerprint density at radius 1 is 0.923 bits per heavy atom. The van der Waals surface area contributed by atoms with Gasteiger partial charge >= 0.3 is 0 Å². The van der Waals surface area contributed by atoms with Crippen molar-refractivity contribution in [3.05, 3.63) is 88.9 Å². The van der Waals surface area contributed by atoms with Crippen molar-refractivity contribution in [3.63, 3.8) is 0 Å². The number of hydrogen-bond donors (Lipinski definition) is 1. The van der Waals surface area contributed by atoms with E-state index in [0.717, 1.165) is 20.6 Å². The molecule has 0 aliphatic carbocycles. The third-order valence-corrected chi connectivity index (χ3v) is 7.51. The molecule has 2 amide bonds. The molecule has 10 heteroatoms. The molecular formula is C29H34BrN3O5S. The Bertz CT molecular complexity index is 1370. The lowest BCUT2D eigenvalue weighted by molar-refractivity contribution is -0.139. The van der Waals surface area contributed by atoms with Crippen molar-refractivity contribution in [2.24, 2.45) is 5.92 Å². The summed E-state index contributed by atoms with van der Waals surface area (Å²) >= 11 is 3.44. The highest BCUT2D eigenvalue weighted by Gasteiger charge is 2.30. The number of halogens is 1. The first-order valence-corrected chi connectivity index (χ1v) is 15.2. The van der Waals surface area contributed by atoms with Crippen LogP contribution in [0.4, 0.5) is 5.69 Å². The van der Waals surface area contributed by atoms with E-state index in [2.05, 4.69) is 21.2 Å². The van der Waals surface area contributed by atoms with Crippen LogP contribution in [0.3, 0.4) is 0 Å². The number of carbonyl (C=O) groups is 2. The molecule has 39 heavy (non-hydrogen) atoms. The zero-order valence-corrected chi connectivity index (χ0v) is 24.9. The summed E-state index contributed by atoms with van der Waals surface area (Å²) in [6, 6.07) is 22.3. The number of nitrogens with one attached hydrogen (secondary N) is 1. The van der Waals surface area contributed by atoms with Gasteiger partial charge in [0, 0.05) is 17.6 Å². The molecule has 0 radical (unpaired) electrons. The van der Waals surface area contributed by atoms with Crippen molar-refractivity contribution < 1.29 is 22.7 Å². The Morgan fingerprint density at radius 2 is 1.56 bits per heavy atom. The molecule has 1 atom stereocenters. The first-order chi connectivity index (χ1) is 18.4. The Balaban J connectivity index is 1.85. The number of anilines is 1. The van der Waals surface area contributed by atoms with E-state index in [9.17, 15) is 18.0 Å². The molecule has 0 saturated carbocycles. The molecule has 0 fully saturated rings. The molecule has 3 aromatic carbocycles. The summed E-state index contributed by atoms with van der Waals surface area (Å²) < 4.78 is 33.2. The van der Waals surface area contributed by atoms with Gasteiger partial charge in [0.15, 0.2) is 0 Å². The molecule has 0 aromatic heterocycles. The fourth-order valence-corrected chi connectivity index (χ4v) is 5.08. The zero-order chi connectivity index (χ0) is 28.6. The molecule has 1 N–H and O–H groups in total. The van der Waals surface area contributed by atoms with Crippen LogP contribution in [0.15, 0.2) is 83.3 Å². The van der Waals surface area contributed by atoms with Crippen molar-refractivity contribution in [1.82, 2.24) is 10.2 Å². The smallest absolute Gasteiger partial charge is 0.244 e. The molecule has 0 aliphatic rings. The van der Waals surface area contributed by atoms with Gasteiger partial charge < -0.3 is 15.0 Å². The van der Waals surface area contributed by atoms with E-state index in [1.165, 1.54) is 4.90 Å². The van der Waals surface area contributed by atoms with Gasteiger partial charge in [0.1, 0.15) is 24.1 Å². The second-order valence-electron chi connectivity index (χ2n) is 9.65. The first kappa shape index (κ1) is 30.2. The average Bonchev–Trinajstić information content (AvgIpc) is 2.89. The second kappa shape index (κ2) is 13.6.